The Labute approximate surface area is 177 Å². The van der Waals surface area contributed by atoms with Gasteiger partial charge in [-0.1, -0.05) is 26.0 Å². The van der Waals surface area contributed by atoms with E-state index in [1.807, 2.05) is 30.7 Å². The summed E-state index contributed by atoms with van der Waals surface area (Å²) in [4.78, 5) is 9.10. The molecule has 3 heterocycles. The van der Waals surface area contributed by atoms with Crippen molar-refractivity contribution in [2.24, 2.45) is 0 Å². The van der Waals surface area contributed by atoms with Crippen molar-refractivity contribution in [1.82, 2.24) is 14.4 Å². The minimum atomic E-state index is 0.294. The molecule has 0 saturated carbocycles. The van der Waals surface area contributed by atoms with Gasteiger partial charge in [0.15, 0.2) is 5.65 Å². The molecule has 0 bridgehead atoms. The van der Waals surface area contributed by atoms with E-state index in [9.17, 15) is 5.11 Å². The van der Waals surface area contributed by atoms with Gasteiger partial charge in [0.05, 0.1) is 5.69 Å². The third-order valence-corrected chi connectivity index (χ3v) is 5.63. The Morgan fingerprint density at radius 3 is 2.60 bits per heavy atom. The lowest BCUT2D eigenvalue weighted by Crippen LogP contribution is -2.07. The number of nitrogens with one attached hydrogen (secondary N) is 1. The topological polar surface area (TPSA) is 62.5 Å². The number of imidazole rings is 1. The molecule has 30 heavy (non-hydrogen) atoms. The van der Waals surface area contributed by atoms with Crippen LogP contribution in [-0.4, -0.2) is 26.0 Å². The van der Waals surface area contributed by atoms with Gasteiger partial charge >= 0.3 is 0 Å². The lowest BCUT2D eigenvalue weighted by atomic mass is 10.1. The lowest BCUT2D eigenvalue weighted by Gasteiger charge is -2.14. The summed E-state index contributed by atoms with van der Waals surface area (Å²) in [5.41, 5.74) is 7.72. The van der Waals surface area contributed by atoms with E-state index in [-0.39, 0.29) is 0 Å². The van der Waals surface area contributed by atoms with Gasteiger partial charge in [-0.05, 0) is 61.1 Å². The number of pyridine rings is 2. The second kappa shape index (κ2) is 8.57. The van der Waals surface area contributed by atoms with Gasteiger partial charge in [0.1, 0.15) is 5.75 Å². The van der Waals surface area contributed by atoms with Crippen molar-refractivity contribution in [3.8, 4) is 16.9 Å². The van der Waals surface area contributed by atoms with Gasteiger partial charge in [-0.25, -0.2) is 4.98 Å². The van der Waals surface area contributed by atoms with Gasteiger partial charge in [-0.15, -0.1) is 0 Å². The second-order valence-corrected chi connectivity index (χ2v) is 7.92. The van der Waals surface area contributed by atoms with Gasteiger partial charge in [-0.2, -0.15) is 0 Å². The van der Waals surface area contributed by atoms with E-state index in [1.165, 1.54) is 11.3 Å². The van der Waals surface area contributed by atoms with Crippen molar-refractivity contribution >= 4 is 11.3 Å². The summed E-state index contributed by atoms with van der Waals surface area (Å²) in [7, 11) is 0. The van der Waals surface area contributed by atoms with Gasteiger partial charge in [-0.3, -0.25) is 4.98 Å². The molecule has 5 nitrogen and oxygen atoms in total. The number of hydrogen-bond acceptors (Lipinski definition) is 4. The summed E-state index contributed by atoms with van der Waals surface area (Å²) >= 11 is 0. The van der Waals surface area contributed by atoms with Gasteiger partial charge in [0.2, 0.25) is 0 Å². The number of aromatic hydroxyl groups is 1. The number of hydrogen-bond donors (Lipinski definition) is 2. The monoisotopic (exact) mass is 400 g/mol. The van der Waals surface area contributed by atoms with Crippen molar-refractivity contribution < 1.29 is 5.11 Å². The SMILES string of the molecule is CCC(C)c1cnc2c(NCCc3ccc(O)cc3)cc(-c3cncc(C)c3)cn12. The predicted octanol–water partition coefficient (Wildman–Crippen LogP) is 5.58. The summed E-state index contributed by atoms with van der Waals surface area (Å²) < 4.78 is 2.22. The molecule has 0 amide bonds. The molecule has 0 aliphatic heterocycles. The van der Waals surface area contributed by atoms with Crippen LogP contribution in [0.4, 0.5) is 5.69 Å². The molecule has 1 unspecified atom stereocenters. The van der Waals surface area contributed by atoms with Gasteiger partial charge in [0.25, 0.3) is 0 Å². The summed E-state index contributed by atoms with van der Waals surface area (Å²) in [5, 5.41) is 13.1. The average molecular weight is 401 g/mol. The second-order valence-electron chi connectivity index (χ2n) is 7.92. The first kappa shape index (κ1) is 20.0. The third kappa shape index (κ3) is 4.15. The number of aromatic nitrogens is 3. The molecule has 154 valence electrons. The molecular weight excluding hydrogens is 372 g/mol. The van der Waals surface area contributed by atoms with E-state index < -0.39 is 0 Å². The number of fused-ring (bicyclic) bond motifs is 1. The number of phenols is 1. The van der Waals surface area contributed by atoms with Crippen LogP contribution in [-0.2, 0) is 6.42 Å². The smallest absolute Gasteiger partial charge is 0.160 e. The lowest BCUT2D eigenvalue weighted by molar-refractivity contribution is 0.475. The van der Waals surface area contributed by atoms with Crippen molar-refractivity contribution in [3.05, 3.63) is 78.0 Å². The van der Waals surface area contributed by atoms with Gasteiger partial charge in [0, 0.05) is 48.2 Å². The van der Waals surface area contributed by atoms with E-state index in [2.05, 4.69) is 53.8 Å². The summed E-state index contributed by atoms with van der Waals surface area (Å²) in [6.07, 6.45) is 9.88. The maximum Gasteiger partial charge on any atom is 0.160 e. The van der Waals surface area contributed by atoms with E-state index in [0.29, 0.717) is 11.7 Å². The first-order valence-electron chi connectivity index (χ1n) is 10.5. The zero-order chi connectivity index (χ0) is 21.1. The minimum Gasteiger partial charge on any atom is -0.508 e. The zero-order valence-electron chi connectivity index (χ0n) is 17.8. The fourth-order valence-corrected chi connectivity index (χ4v) is 3.68. The van der Waals surface area contributed by atoms with E-state index in [4.69, 9.17) is 4.98 Å². The Hall–Kier alpha value is -3.34. The maximum absolute atomic E-state index is 9.47. The third-order valence-electron chi connectivity index (χ3n) is 5.63. The largest absolute Gasteiger partial charge is 0.508 e. The summed E-state index contributed by atoms with van der Waals surface area (Å²) in [5.74, 6) is 0.721. The molecule has 0 radical (unpaired) electrons. The molecule has 0 aliphatic carbocycles. The highest BCUT2D eigenvalue weighted by Gasteiger charge is 2.14. The number of anilines is 1. The maximum atomic E-state index is 9.47. The van der Waals surface area contributed by atoms with Crippen LogP contribution in [0.5, 0.6) is 5.75 Å². The molecule has 4 rings (SSSR count). The van der Waals surface area contributed by atoms with E-state index in [0.717, 1.165) is 47.4 Å². The molecule has 2 N–H and O–H groups in total. The highest BCUT2D eigenvalue weighted by atomic mass is 16.3. The van der Waals surface area contributed by atoms with Crippen molar-refractivity contribution in [1.29, 1.82) is 0 Å². The number of benzene rings is 1. The molecule has 0 spiro atoms. The Balaban J connectivity index is 1.69. The number of phenolic OH excluding ortho intramolecular Hbond substituents is 1. The summed E-state index contributed by atoms with van der Waals surface area (Å²) in [6, 6.07) is 11.7. The Bertz CT molecular complexity index is 1150. The standard InChI is InChI=1S/C25H28N4O/c1-4-18(3)24-15-28-25-23(27-10-9-19-5-7-22(30)8-6-19)12-21(16-29(24)25)20-11-17(2)13-26-14-20/h5-8,11-16,18,27,30H,4,9-10H2,1-3H3. The van der Waals surface area contributed by atoms with Crippen LogP contribution >= 0.6 is 0 Å². The van der Waals surface area contributed by atoms with Crippen molar-refractivity contribution in [2.75, 3.05) is 11.9 Å². The molecule has 0 saturated heterocycles. The summed E-state index contributed by atoms with van der Waals surface area (Å²) in [6.45, 7) is 7.28. The molecule has 1 atom stereocenters. The minimum absolute atomic E-state index is 0.294. The first-order chi connectivity index (χ1) is 14.5. The fourth-order valence-electron chi connectivity index (χ4n) is 3.68. The molecule has 0 aliphatic rings. The molecule has 4 aromatic rings. The average Bonchev–Trinajstić information content (AvgIpc) is 3.19. The quantitative estimate of drug-likeness (QED) is 0.425. The molecule has 0 fully saturated rings. The molecule has 1 aromatic carbocycles. The van der Waals surface area contributed by atoms with Crippen LogP contribution in [0.3, 0.4) is 0 Å². The van der Waals surface area contributed by atoms with Crippen LogP contribution in [0, 0.1) is 6.92 Å². The highest BCUT2D eigenvalue weighted by Crippen LogP contribution is 2.29. The normalized spacial score (nSPS) is 12.2. The molecule has 3 aromatic heterocycles. The Morgan fingerprint density at radius 1 is 1.07 bits per heavy atom. The van der Waals surface area contributed by atoms with E-state index in [1.54, 1.807) is 12.1 Å². The molecular formula is C25H28N4O. The van der Waals surface area contributed by atoms with Crippen LogP contribution in [0.25, 0.3) is 16.8 Å². The van der Waals surface area contributed by atoms with Crippen LogP contribution in [0.2, 0.25) is 0 Å². The highest BCUT2D eigenvalue weighted by molar-refractivity contribution is 5.76. The zero-order valence-corrected chi connectivity index (χ0v) is 17.8. The Kier molecular flexibility index (Phi) is 5.70. The van der Waals surface area contributed by atoms with E-state index >= 15 is 0 Å². The number of rotatable bonds is 7. The number of nitrogens with zero attached hydrogens (tertiary/aromatic N) is 3. The fraction of sp³-hybridized carbons (Fsp3) is 0.280. The van der Waals surface area contributed by atoms with Crippen molar-refractivity contribution in [2.45, 2.75) is 39.5 Å². The number of aryl methyl sites for hydroxylation is 1. The predicted molar refractivity (Wildman–Crippen MR) is 122 cm³/mol. The van der Waals surface area contributed by atoms with Crippen LogP contribution in [0.15, 0.2) is 61.2 Å². The molecule has 5 heteroatoms. The first-order valence-corrected chi connectivity index (χ1v) is 10.5. The van der Waals surface area contributed by atoms with Crippen molar-refractivity contribution in [3.63, 3.8) is 0 Å². The van der Waals surface area contributed by atoms with Crippen LogP contribution < -0.4 is 5.32 Å². The van der Waals surface area contributed by atoms with Gasteiger partial charge < -0.3 is 14.8 Å². The van der Waals surface area contributed by atoms with Crippen LogP contribution in [0.1, 0.15) is 43.0 Å². The Morgan fingerprint density at radius 2 is 1.87 bits per heavy atom.